The number of rotatable bonds is 5. The average molecular weight is 360 g/mol. The van der Waals surface area contributed by atoms with Crippen LogP contribution in [0.5, 0.6) is 0 Å². The summed E-state index contributed by atoms with van der Waals surface area (Å²) in [6.45, 7) is 3.90. The van der Waals surface area contributed by atoms with Crippen LogP contribution >= 0.6 is 24.0 Å². The standard InChI is InChI=1S/C16H22ClN3O2.ClH/c1-11-13(17)5-2-6-14(11)20-15(21)7-9-19-16(22)12-4-3-8-18-10-12;/h2,5-6,12,18H,3-4,7-10H2,1H3,(H,19,22)(H,20,21);1H. The maximum atomic E-state index is 11.9. The lowest BCUT2D eigenvalue weighted by Crippen LogP contribution is -2.41. The van der Waals surface area contributed by atoms with Crippen LogP contribution in [-0.4, -0.2) is 31.4 Å². The number of benzene rings is 1. The van der Waals surface area contributed by atoms with Gasteiger partial charge in [0.15, 0.2) is 0 Å². The maximum Gasteiger partial charge on any atom is 0.226 e. The van der Waals surface area contributed by atoms with Crippen LogP contribution in [-0.2, 0) is 9.59 Å². The van der Waals surface area contributed by atoms with E-state index in [1.54, 1.807) is 12.1 Å². The molecule has 1 fully saturated rings. The van der Waals surface area contributed by atoms with Gasteiger partial charge < -0.3 is 16.0 Å². The highest BCUT2D eigenvalue weighted by Gasteiger charge is 2.20. The Bertz CT molecular complexity index is 546. The summed E-state index contributed by atoms with van der Waals surface area (Å²) in [5.74, 6) is -0.0849. The van der Waals surface area contributed by atoms with Gasteiger partial charge in [-0.1, -0.05) is 17.7 Å². The van der Waals surface area contributed by atoms with E-state index in [0.29, 0.717) is 17.3 Å². The monoisotopic (exact) mass is 359 g/mol. The van der Waals surface area contributed by atoms with Gasteiger partial charge in [0.2, 0.25) is 11.8 Å². The minimum Gasteiger partial charge on any atom is -0.355 e. The molecular formula is C16H23Cl2N3O2. The van der Waals surface area contributed by atoms with E-state index in [0.717, 1.165) is 31.5 Å². The number of halogens is 2. The Morgan fingerprint density at radius 3 is 2.87 bits per heavy atom. The van der Waals surface area contributed by atoms with Gasteiger partial charge in [0.25, 0.3) is 0 Å². The molecule has 3 N–H and O–H groups in total. The lowest BCUT2D eigenvalue weighted by molar-refractivity contribution is -0.125. The van der Waals surface area contributed by atoms with Crippen LogP contribution in [0.2, 0.25) is 5.02 Å². The van der Waals surface area contributed by atoms with E-state index >= 15 is 0 Å². The second-order valence-corrected chi connectivity index (χ2v) is 5.95. The molecule has 2 amide bonds. The minimum atomic E-state index is -0.132. The molecular weight excluding hydrogens is 337 g/mol. The molecule has 128 valence electrons. The molecule has 1 aromatic carbocycles. The van der Waals surface area contributed by atoms with Gasteiger partial charge in [-0.05, 0) is 44.0 Å². The van der Waals surface area contributed by atoms with Gasteiger partial charge in [0, 0.05) is 30.2 Å². The third-order valence-corrected chi connectivity index (χ3v) is 4.27. The summed E-state index contributed by atoms with van der Waals surface area (Å²) in [6.07, 6.45) is 2.18. The van der Waals surface area contributed by atoms with E-state index in [4.69, 9.17) is 11.6 Å². The summed E-state index contributed by atoms with van der Waals surface area (Å²) < 4.78 is 0. The summed E-state index contributed by atoms with van der Waals surface area (Å²) in [5, 5.41) is 9.47. The van der Waals surface area contributed by atoms with Crippen LogP contribution in [0, 0.1) is 12.8 Å². The van der Waals surface area contributed by atoms with Gasteiger partial charge in [-0.15, -0.1) is 12.4 Å². The zero-order valence-electron chi connectivity index (χ0n) is 13.2. The van der Waals surface area contributed by atoms with Crippen LogP contribution in [0.15, 0.2) is 18.2 Å². The van der Waals surface area contributed by atoms with Crippen molar-refractivity contribution in [3.8, 4) is 0 Å². The minimum absolute atomic E-state index is 0. The van der Waals surface area contributed by atoms with E-state index in [2.05, 4.69) is 16.0 Å². The van der Waals surface area contributed by atoms with Crippen molar-refractivity contribution in [3.05, 3.63) is 28.8 Å². The molecule has 0 aliphatic carbocycles. The average Bonchev–Trinajstić information content (AvgIpc) is 2.52. The lowest BCUT2D eigenvalue weighted by atomic mass is 9.99. The first-order valence-electron chi connectivity index (χ1n) is 7.61. The fourth-order valence-electron chi connectivity index (χ4n) is 2.47. The second-order valence-electron chi connectivity index (χ2n) is 5.54. The number of carbonyl (C=O) groups excluding carboxylic acids is 2. The van der Waals surface area contributed by atoms with Crippen molar-refractivity contribution in [1.82, 2.24) is 10.6 Å². The molecule has 0 aromatic heterocycles. The molecule has 0 radical (unpaired) electrons. The molecule has 7 heteroatoms. The smallest absolute Gasteiger partial charge is 0.226 e. The first kappa shape index (κ1) is 19.7. The van der Waals surface area contributed by atoms with Crippen LogP contribution in [0.4, 0.5) is 5.69 Å². The predicted octanol–water partition coefficient (Wildman–Crippen LogP) is 2.51. The van der Waals surface area contributed by atoms with Crippen molar-refractivity contribution in [2.45, 2.75) is 26.2 Å². The van der Waals surface area contributed by atoms with Gasteiger partial charge in [-0.3, -0.25) is 9.59 Å². The predicted molar refractivity (Wildman–Crippen MR) is 95.3 cm³/mol. The zero-order chi connectivity index (χ0) is 15.9. The third kappa shape index (κ3) is 6.01. The normalized spacial score (nSPS) is 17.0. The summed E-state index contributed by atoms with van der Waals surface area (Å²) in [4.78, 5) is 23.9. The number of piperidine rings is 1. The molecule has 1 atom stereocenters. The number of carbonyl (C=O) groups is 2. The highest BCUT2D eigenvalue weighted by atomic mass is 35.5. The molecule has 0 bridgehead atoms. The molecule has 1 aliphatic heterocycles. The van der Waals surface area contributed by atoms with Gasteiger partial charge >= 0.3 is 0 Å². The summed E-state index contributed by atoms with van der Waals surface area (Å²) in [7, 11) is 0. The number of hydrogen-bond donors (Lipinski definition) is 3. The number of amides is 2. The van der Waals surface area contributed by atoms with Crippen molar-refractivity contribution in [2.24, 2.45) is 5.92 Å². The Labute approximate surface area is 148 Å². The Morgan fingerprint density at radius 2 is 2.17 bits per heavy atom. The van der Waals surface area contributed by atoms with Gasteiger partial charge in [-0.25, -0.2) is 0 Å². The number of nitrogens with one attached hydrogen (secondary N) is 3. The number of hydrogen-bond acceptors (Lipinski definition) is 3. The van der Waals surface area contributed by atoms with Crippen molar-refractivity contribution in [3.63, 3.8) is 0 Å². The Morgan fingerprint density at radius 1 is 1.39 bits per heavy atom. The van der Waals surface area contributed by atoms with Crippen LogP contribution in [0.1, 0.15) is 24.8 Å². The topological polar surface area (TPSA) is 70.2 Å². The second kappa shape index (κ2) is 9.75. The van der Waals surface area contributed by atoms with Gasteiger partial charge in [0.1, 0.15) is 0 Å². The SMILES string of the molecule is Cc1c(Cl)cccc1NC(=O)CCNC(=O)C1CCCNC1.Cl. The van der Waals surface area contributed by atoms with Gasteiger partial charge in [-0.2, -0.15) is 0 Å². The summed E-state index contributed by atoms with van der Waals surface area (Å²) in [5.41, 5.74) is 1.55. The molecule has 1 aromatic rings. The van der Waals surface area contributed by atoms with E-state index in [1.165, 1.54) is 0 Å². The summed E-state index contributed by atoms with van der Waals surface area (Å²) >= 11 is 6.01. The Balaban J connectivity index is 0.00000264. The van der Waals surface area contributed by atoms with E-state index < -0.39 is 0 Å². The first-order valence-corrected chi connectivity index (χ1v) is 7.99. The lowest BCUT2D eigenvalue weighted by Gasteiger charge is -2.21. The van der Waals surface area contributed by atoms with Crippen molar-refractivity contribution < 1.29 is 9.59 Å². The van der Waals surface area contributed by atoms with Crippen LogP contribution in [0.25, 0.3) is 0 Å². The molecule has 0 spiro atoms. The highest BCUT2D eigenvalue weighted by molar-refractivity contribution is 6.31. The molecule has 1 heterocycles. The molecule has 1 unspecified atom stereocenters. The molecule has 1 saturated heterocycles. The summed E-state index contributed by atoms with van der Waals surface area (Å²) in [6, 6.07) is 5.39. The quantitative estimate of drug-likeness (QED) is 0.756. The van der Waals surface area contributed by atoms with E-state index in [9.17, 15) is 9.59 Å². The van der Waals surface area contributed by atoms with E-state index in [-0.39, 0.29) is 36.6 Å². The fourth-order valence-corrected chi connectivity index (χ4v) is 2.65. The van der Waals surface area contributed by atoms with Crippen molar-refractivity contribution >= 4 is 41.5 Å². The third-order valence-electron chi connectivity index (χ3n) is 3.86. The fraction of sp³-hybridized carbons (Fsp3) is 0.500. The highest BCUT2D eigenvalue weighted by Crippen LogP contribution is 2.22. The maximum absolute atomic E-state index is 11.9. The molecule has 5 nitrogen and oxygen atoms in total. The van der Waals surface area contributed by atoms with Crippen LogP contribution < -0.4 is 16.0 Å². The Kier molecular flexibility index (Phi) is 8.37. The zero-order valence-corrected chi connectivity index (χ0v) is 14.7. The molecule has 0 saturated carbocycles. The molecule has 2 rings (SSSR count). The van der Waals surface area contributed by atoms with Crippen molar-refractivity contribution in [1.29, 1.82) is 0 Å². The van der Waals surface area contributed by atoms with E-state index in [1.807, 2.05) is 13.0 Å². The molecule has 23 heavy (non-hydrogen) atoms. The largest absolute Gasteiger partial charge is 0.355 e. The van der Waals surface area contributed by atoms with Crippen molar-refractivity contribution in [2.75, 3.05) is 25.0 Å². The van der Waals surface area contributed by atoms with Crippen LogP contribution in [0.3, 0.4) is 0 Å². The van der Waals surface area contributed by atoms with Gasteiger partial charge in [0.05, 0.1) is 5.92 Å². The Hall–Kier alpha value is -1.30. The molecule has 1 aliphatic rings. The first-order chi connectivity index (χ1) is 10.6. The number of anilines is 1.